The molecule has 1 aliphatic carbocycles. The molecule has 102 valence electrons. The monoisotopic (exact) mass is 325 g/mol. The number of halogens is 1. The molecule has 2 N–H and O–H groups in total. The Morgan fingerprint density at radius 2 is 1.95 bits per heavy atom. The normalized spacial score (nSPS) is 23.3. The number of amides is 1. The summed E-state index contributed by atoms with van der Waals surface area (Å²) in [7, 11) is 0. The van der Waals surface area contributed by atoms with Gasteiger partial charge in [0.15, 0.2) is 0 Å². The minimum absolute atomic E-state index is 0.141. The highest BCUT2D eigenvalue weighted by Crippen LogP contribution is 2.35. The number of carbonyl (C=O) groups is 2. The van der Waals surface area contributed by atoms with Gasteiger partial charge in [0.1, 0.15) is 0 Å². The molecule has 0 spiro atoms. The molecule has 1 amide bonds. The molecule has 1 aliphatic rings. The lowest BCUT2D eigenvalue weighted by Gasteiger charge is -2.33. The van der Waals surface area contributed by atoms with E-state index in [9.17, 15) is 9.59 Å². The van der Waals surface area contributed by atoms with Crippen LogP contribution in [0.25, 0.3) is 0 Å². The number of rotatable bonds is 4. The van der Waals surface area contributed by atoms with E-state index >= 15 is 0 Å². The molecule has 3 unspecified atom stereocenters. The highest BCUT2D eigenvalue weighted by Gasteiger charge is 2.41. The number of nitrogens with one attached hydrogen (secondary N) is 1. The summed E-state index contributed by atoms with van der Waals surface area (Å²) < 4.78 is 0.936. The van der Waals surface area contributed by atoms with Gasteiger partial charge >= 0.3 is 5.97 Å². The molecule has 19 heavy (non-hydrogen) atoms. The average Bonchev–Trinajstić information content (AvgIpc) is 2.26. The van der Waals surface area contributed by atoms with Crippen LogP contribution in [-0.4, -0.2) is 17.0 Å². The van der Waals surface area contributed by atoms with Crippen molar-refractivity contribution in [3.63, 3.8) is 0 Å². The summed E-state index contributed by atoms with van der Waals surface area (Å²) >= 11 is 3.44. The van der Waals surface area contributed by atoms with E-state index in [1.165, 1.54) is 0 Å². The van der Waals surface area contributed by atoms with Crippen LogP contribution in [0.1, 0.15) is 31.4 Å². The van der Waals surface area contributed by atoms with Gasteiger partial charge in [-0.1, -0.05) is 34.1 Å². The van der Waals surface area contributed by atoms with Crippen LogP contribution < -0.4 is 5.32 Å². The smallest absolute Gasteiger partial charge is 0.307 e. The number of benzene rings is 1. The van der Waals surface area contributed by atoms with Gasteiger partial charge in [-0.2, -0.15) is 0 Å². The number of hydrogen-bond donors (Lipinski definition) is 2. The van der Waals surface area contributed by atoms with Gasteiger partial charge in [0, 0.05) is 4.47 Å². The van der Waals surface area contributed by atoms with Gasteiger partial charge in [0.2, 0.25) is 5.91 Å². The molecule has 1 fully saturated rings. The summed E-state index contributed by atoms with van der Waals surface area (Å²) in [6, 6.07) is 7.53. The predicted octanol–water partition coefficient (Wildman–Crippen LogP) is 2.74. The molecule has 0 heterocycles. The van der Waals surface area contributed by atoms with Gasteiger partial charge in [-0.3, -0.25) is 9.59 Å². The number of carbonyl (C=O) groups excluding carboxylic acids is 1. The maximum atomic E-state index is 12.0. The van der Waals surface area contributed by atoms with Crippen molar-refractivity contribution in [3.05, 3.63) is 34.3 Å². The van der Waals surface area contributed by atoms with Gasteiger partial charge < -0.3 is 10.4 Å². The fourth-order valence-corrected chi connectivity index (χ4v) is 2.96. The Bertz CT molecular complexity index is 503. The summed E-state index contributed by atoms with van der Waals surface area (Å²) in [6.07, 6.45) is 1.25. The third kappa shape index (κ3) is 2.97. The van der Waals surface area contributed by atoms with E-state index in [2.05, 4.69) is 21.2 Å². The Hall–Kier alpha value is -1.36. The topological polar surface area (TPSA) is 66.4 Å². The zero-order valence-corrected chi connectivity index (χ0v) is 12.2. The second-order valence-electron chi connectivity index (χ2n) is 4.88. The zero-order chi connectivity index (χ0) is 14.0. The number of carboxylic acids is 1. The van der Waals surface area contributed by atoms with Gasteiger partial charge in [-0.05, 0) is 31.4 Å². The molecule has 1 saturated carbocycles. The second-order valence-corrected chi connectivity index (χ2v) is 5.73. The second kappa shape index (κ2) is 5.74. The fourth-order valence-electron chi connectivity index (χ4n) is 2.33. The zero-order valence-electron chi connectivity index (χ0n) is 10.6. The van der Waals surface area contributed by atoms with E-state index in [4.69, 9.17) is 5.11 Å². The highest BCUT2D eigenvalue weighted by atomic mass is 79.9. The van der Waals surface area contributed by atoms with Crippen molar-refractivity contribution in [3.8, 4) is 0 Å². The predicted molar refractivity (Wildman–Crippen MR) is 74.5 cm³/mol. The van der Waals surface area contributed by atoms with E-state index in [0.29, 0.717) is 12.8 Å². The molecule has 0 bridgehead atoms. The summed E-state index contributed by atoms with van der Waals surface area (Å²) in [4.78, 5) is 23.0. The van der Waals surface area contributed by atoms with Crippen LogP contribution in [0.5, 0.6) is 0 Å². The SMILES string of the molecule is CC(NC(=O)C1CCC1C(=O)O)c1ccccc1Br. The van der Waals surface area contributed by atoms with Crippen molar-refractivity contribution in [2.45, 2.75) is 25.8 Å². The molecular formula is C14H16BrNO3. The largest absolute Gasteiger partial charge is 0.481 e. The molecule has 0 aromatic heterocycles. The molecule has 0 saturated heterocycles. The van der Waals surface area contributed by atoms with Crippen LogP contribution in [0.2, 0.25) is 0 Å². The van der Waals surface area contributed by atoms with Gasteiger partial charge in [-0.15, -0.1) is 0 Å². The van der Waals surface area contributed by atoms with Crippen molar-refractivity contribution in [2.24, 2.45) is 11.8 Å². The molecule has 0 radical (unpaired) electrons. The van der Waals surface area contributed by atoms with Crippen LogP contribution >= 0.6 is 15.9 Å². The Balaban J connectivity index is 2.00. The van der Waals surface area contributed by atoms with Gasteiger partial charge in [0.05, 0.1) is 17.9 Å². The van der Waals surface area contributed by atoms with Crippen LogP contribution in [0.3, 0.4) is 0 Å². The standard InChI is InChI=1S/C14H16BrNO3/c1-8(9-4-2-3-5-12(9)15)16-13(17)10-6-7-11(10)14(18)19/h2-5,8,10-11H,6-7H2,1H3,(H,16,17)(H,18,19). The summed E-state index contributed by atoms with van der Waals surface area (Å²) in [5.74, 6) is -1.95. The minimum Gasteiger partial charge on any atom is -0.481 e. The first-order valence-electron chi connectivity index (χ1n) is 6.28. The maximum Gasteiger partial charge on any atom is 0.307 e. The lowest BCUT2D eigenvalue weighted by atomic mass is 9.73. The van der Waals surface area contributed by atoms with E-state index < -0.39 is 11.9 Å². The molecule has 1 aromatic carbocycles. The van der Waals surface area contributed by atoms with Gasteiger partial charge in [-0.25, -0.2) is 0 Å². The number of carboxylic acid groups (broad SMARTS) is 1. The van der Waals surface area contributed by atoms with Crippen molar-refractivity contribution >= 4 is 27.8 Å². The fraction of sp³-hybridized carbons (Fsp3) is 0.429. The summed E-state index contributed by atoms with van der Waals surface area (Å²) in [5.41, 5.74) is 0.988. The van der Waals surface area contributed by atoms with E-state index in [1.807, 2.05) is 31.2 Å². The first kappa shape index (κ1) is 14.1. The van der Waals surface area contributed by atoms with Crippen LogP contribution in [0.4, 0.5) is 0 Å². The van der Waals surface area contributed by atoms with Crippen LogP contribution in [-0.2, 0) is 9.59 Å². The lowest BCUT2D eigenvalue weighted by molar-refractivity contribution is -0.152. The maximum absolute atomic E-state index is 12.0. The third-order valence-corrected chi connectivity index (χ3v) is 4.38. The Labute approximate surface area is 120 Å². The lowest BCUT2D eigenvalue weighted by Crippen LogP contribution is -2.44. The highest BCUT2D eigenvalue weighted by molar-refractivity contribution is 9.10. The summed E-state index contributed by atoms with van der Waals surface area (Å²) in [5, 5.41) is 11.9. The molecule has 1 aromatic rings. The average molecular weight is 326 g/mol. The van der Waals surface area contributed by atoms with Crippen molar-refractivity contribution < 1.29 is 14.7 Å². The number of hydrogen-bond acceptors (Lipinski definition) is 2. The quantitative estimate of drug-likeness (QED) is 0.894. The van der Waals surface area contributed by atoms with Crippen LogP contribution in [0.15, 0.2) is 28.7 Å². The van der Waals surface area contributed by atoms with Crippen molar-refractivity contribution in [1.29, 1.82) is 0 Å². The molecule has 4 nitrogen and oxygen atoms in total. The van der Waals surface area contributed by atoms with E-state index in [1.54, 1.807) is 0 Å². The molecule has 3 atom stereocenters. The summed E-state index contributed by atoms with van der Waals surface area (Å²) in [6.45, 7) is 1.90. The van der Waals surface area contributed by atoms with E-state index in [-0.39, 0.29) is 17.9 Å². The Morgan fingerprint density at radius 3 is 2.47 bits per heavy atom. The molecule has 0 aliphatic heterocycles. The van der Waals surface area contributed by atoms with E-state index in [0.717, 1.165) is 10.0 Å². The molecular weight excluding hydrogens is 310 g/mol. The molecule has 5 heteroatoms. The van der Waals surface area contributed by atoms with Crippen LogP contribution in [0, 0.1) is 11.8 Å². The Morgan fingerprint density at radius 1 is 1.32 bits per heavy atom. The first-order chi connectivity index (χ1) is 9.00. The minimum atomic E-state index is -0.875. The first-order valence-corrected chi connectivity index (χ1v) is 7.07. The Kier molecular flexibility index (Phi) is 4.24. The number of aliphatic carboxylic acids is 1. The van der Waals surface area contributed by atoms with Crippen molar-refractivity contribution in [2.75, 3.05) is 0 Å². The van der Waals surface area contributed by atoms with Gasteiger partial charge in [0.25, 0.3) is 0 Å². The molecule has 2 rings (SSSR count). The van der Waals surface area contributed by atoms with Crippen molar-refractivity contribution in [1.82, 2.24) is 5.32 Å². The third-order valence-electron chi connectivity index (χ3n) is 3.66.